The van der Waals surface area contributed by atoms with E-state index < -0.39 is 0 Å². The SMILES string of the molecule is CCC1CCC(C(N)Cc2cc(F)ccc2C)CC1. The Balaban J connectivity index is 1.94. The Labute approximate surface area is 116 Å². The zero-order valence-corrected chi connectivity index (χ0v) is 12.2. The molecule has 1 atom stereocenters. The summed E-state index contributed by atoms with van der Waals surface area (Å²) in [5.74, 6) is 1.37. The van der Waals surface area contributed by atoms with Gasteiger partial charge in [-0.2, -0.15) is 0 Å². The molecule has 0 aliphatic heterocycles. The fraction of sp³-hybridized carbons (Fsp3) is 0.647. The van der Waals surface area contributed by atoms with Crippen LogP contribution in [0, 0.1) is 24.6 Å². The summed E-state index contributed by atoms with van der Waals surface area (Å²) in [5, 5.41) is 0. The van der Waals surface area contributed by atoms with E-state index in [0.717, 1.165) is 23.5 Å². The summed E-state index contributed by atoms with van der Waals surface area (Å²) >= 11 is 0. The zero-order valence-electron chi connectivity index (χ0n) is 12.2. The minimum Gasteiger partial charge on any atom is -0.327 e. The average Bonchev–Trinajstić information content (AvgIpc) is 2.43. The third-order valence-electron chi connectivity index (χ3n) is 4.84. The van der Waals surface area contributed by atoms with Crippen LogP contribution in [0.3, 0.4) is 0 Å². The van der Waals surface area contributed by atoms with Crippen LogP contribution in [-0.2, 0) is 6.42 Å². The number of rotatable bonds is 4. The van der Waals surface area contributed by atoms with Gasteiger partial charge in [0.15, 0.2) is 0 Å². The van der Waals surface area contributed by atoms with Gasteiger partial charge in [0, 0.05) is 6.04 Å². The van der Waals surface area contributed by atoms with Crippen molar-refractivity contribution in [2.75, 3.05) is 0 Å². The van der Waals surface area contributed by atoms with Gasteiger partial charge in [0.2, 0.25) is 0 Å². The molecule has 2 N–H and O–H groups in total. The van der Waals surface area contributed by atoms with Crippen LogP contribution in [0.15, 0.2) is 18.2 Å². The molecule has 2 rings (SSSR count). The molecule has 0 heterocycles. The summed E-state index contributed by atoms with van der Waals surface area (Å²) in [7, 11) is 0. The van der Waals surface area contributed by atoms with Gasteiger partial charge in [0.25, 0.3) is 0 Å². The number of hydrogen-bond donors (Lipinski definition) is 1. The van der Waals surface area contributed by atoms with E-state index in [1.807, 2.05) is 13.0 Å². The number of aryl methyl sites for hydroxylation is 1. The van der Waals surface area contributed by atoms with E-state index in [0.29, 0.717) is 5.92 Å². The van der Waals surface area contributed by atoms with Gasteiger partial charge < -0.3 is 5.73 Å². The highest BCUT2D eigenvalue weighted by Gasteiger charge is 2.25. The molecule has 1 unspecified atom stereocenters. The summed E-state index contributed by atoms with van der Waals surface area (Å²) < 4.78 is 13.3. The molecule has 1 aromatic rings. The molecule has 1 saturated carbocycles. The monoisotopic (exact) mass is 263 g/mol. The van der Waals surface area contributed by atoms with E-state index in [-0.39, 0.29) is 11.9 Å². The van der Waals surface area contributed by atoms with Crippen molar-refractivity contribution in [3.63, 3.8) is 0 Å². The standard InChI is InChI=1S/C17H26FN/c1-3-13-5-7-14(8-6-13)17(19)11-15-10-16(18)9-4-12(15)2/h4,9-10,13-14,17H,3,5-8,11,19H2,1-2H3. The van der Waals surface area contributed by atoms with E-state index in [9.17, 15) is 4.39 Å². The molecule has 0 aromatic heterocycles. The largest absolute Gasteiger partial charge is 0.327 e. The zero-order chi connectivity index (χ0) is 13.8. The van der Waals surface area contributed by atoms with Crippen LogP contribution >= 0.6 is 0 Å². The highest BCUT2D eigenvalue weighted by atomic mass is 19.1. The third-order valence-corrected chi connectivity index (χ3v) is 4.84. The van der Waals surface area contributed by atoms with Crippen molar-refractivity contribution >= 4 is 0 Å². The highest BCUT2D eigenvalue weighted by molar-refractivity contribution is 5.27. The quantitative estimate of drug-likeness (QED) is 0.864. The maximum atomic E-state index is 13.3. The summed E-state index contributed by atoms with van der Waals surface area (Å²) in [5.41, 5.74) is 8.59. The van der Waals surface area contributed by atoms with E-state index in [1.165, 1.54) is 38.2 Å². The summed E-state index contributed by atoms with van der Waals surface area (Å²) in [6.45, 7) is 4.32. The maximum absolute atomic E-state index is 13.3. The smallest absolute Gasteiger partial charge is 0.123 e. The Morgan fingerprint density at radius 2 is 1.95 bits per heavy atom. The van der Waals surface area contributed by atoms with Crippen LogP contribution in [0.4, 0.5) is 4.39 Å². The molecular formula is C17H26FN. The Kier molecular flexibility index (Phi) is 4.98. The van der Waals surface area contributed by atoms with Crippen molar-refractivity contribution < 1.29 is 4.39 Å². The molecule has 0 saturated heterocycles. The Morgan fingerprint density at radius 3 is 2.58 bits per heavy atom. The fourth-order valence-corrected chi connectivity index (χ4v) is 3.31. The lowest BCUT2D eigenvalue weighted by Gasteiger charge is -2.32. The van der Waals surface area contributed by atoms with Crippen LogP contribution in [0.1, 0.15) is 50.2 Å². The van der Waals surface area contributed by atoms with Gasteiger partial charge in [0.1, 0.15) is 5.82 Å². The van der Waals surface area contributed by atoms with Crippen LogP contribution < -0.4 is 5.73 Å². The lowest BCUT2D eigenvalue weighted by molar-refractivity contribution is 0.237. The summed E-state index contributed by atoms with van der Waals surface area (Å²) in [6, 6.07) is 5.20. The van der Waals surface area contributed by atoms with Crippen molar-refractivity contribution in [2.45, 2.75) is 58.4 Å². The molecule has 0 radical (unpaired) electrons. The first-order valence-electron chi connectivity index (χ1n) is 7.60. The maximum Gasteiger partial charge on any atom is 0.123 e. The predicted octanol–water partition coefficient (Wildman–Crippen LogP) is 4.22. The molecule has 19 heavy (non-hydrogen) atoms. The summed E-state index contributed by atoms with van der Waals surface area (Å²) in [4.78, 5) is 0. The van der Waals surface area contributed by atoms with Crippen LogP contribution in [0.5, 0.6) is 0 Å². The fourth-order valence-electron chi connectivity index (χ4n) is 3.31. The molecule has 1 aromatic carbocycles. The second-order valence-corrected chi connectivity index (χ2v) is 6.13. The van der Waals surface area contributed by atoms with E-state index in [1.54, 1.807) is 6.07 Å². The number of halogens is 1. The second-order valence-electron chi connectivity index (χ2n) is 6.13. The van der Waals surface area contributed by atoms with Crippen LogP contribution in [0.25, 0.3) is 0 Å². The first kappa shape index (κ1) is 14.5. The molecule has 1 fully saturated rings. The van der Waals surface area contributed by atoms with E-state index in [4.69, 9.17) is 5.73 Å². The molecule has 2 heteroatoms. The Morgan fingerprint density at radius 1 is 1.26 bits per heavy atom. The van der Waals surface area contributed by atoms with Gasteiger partial charge >= 0.3 is 0 Å². The lowest BCUT2D eigenvalue weighted by atomic mass is 9.76. The molecule has 0 bridgehead atoms. The molecule has 1 aliphatic carbocycles. The van der Waals surface area contributed by atoms with Crippen molar-refractivity contribution in [3.05, 3.63) is 35.1 Å². The van der Waals surface area contributed by atoms with Gasteiger partial charge in [-0.05, 0) is 61.3 Å². The highest BCUT2D eigenvalue weighted by Crippen LogP contribution is 2.32. The van der Waals surface area contributed by atoms with Gasteiger partial charge in [-0.15, -0.1) is 0 Å². The topological polar surface area (TPSA) is 26.0 Å². The first-order chi connectivity index (χ1) is 9.10. The van der Waals surface area contributed by atoms with Gasteiger partial charge in [0.05, 0.1) is 0 Å². The summed E-state index contributed by atoms with van der Waals surface area (Å²) in [6.07, 6.45) is 7.23. The van der Waals surface area contributed by atoms with Crippen molar-refractivity contribution in [3.8, 4) is 0 Å². The lowest BCUT2D eigenvalue weighted by Crippen LogP contribution is -2.35. The van der Waals surface area contributed by atoms with Crippen LogP contribution in [-0.4, -0.2) is 6.04 Å². The Hall–Kier alpha value is -0.890. The number of nitrogens with two attached hydrogens (primary N) is 1. The minimum absolute atomic E-state index is 0.150. The third kappa shape index (κ3) is 3.79. The van der Waals surface area contributed by atoms with Crippen molar-refractivity contribution in [2.24, 2.45) is 17.6 Å². The molecule has 1 aliphatic rings. The van der Waals surface area contributed by atoms with Crippen LogP contribution in [0.2, 0.25) is 0 Å². The number of hydrogen-bond acceptors (Lipinski definition) is 1. The Bertz CT molecular complexity index is 408. The van der Waals surface area contributed by atoms with E-state index >= 15 is 0 Å². The first-order valence-corrected chi connectivity index (χ1v) is 7.60. The predicted molar refractivity (Wildman–Crippen MR) is 78.6 cm³/mol. The number of benzene rings is 1. The van der Waals surface area contributed by atoms with Gasteiger partial charge in [-0.25, -0.2) is 4.39 Å². The van der Waals surface area contributed by atoms with Crippen molar-refractivity contribution in [1.82, 2.24) is 0 Å². The van der Waals surface area contributed by atoms with Gasteiger partial charge in [-0.3, -0.25) is 0 Å². The van der Waals surface area contributed by atoms with Crippen molar-refractivity contribution in [1.29, 1.82) is 0 Å². The van der Waals surface area contributed by atoms with Gasteiger partial charge in [-0.1, -0.05) is 32.3 Å². The average molecular weight is 263 g/mol. The molecule has 0 amide bonds. The minimum atomic E-state index is -0.150. The molecular weight excluding hydrogens is 237 g/mol. The molecule has 106 valence electrons. The molecule has 0 spiro atoms. The van der Waals surface area contributed by atoms with E-state index in [2.05, 4.69) is 6.92 Å². The molecule has 1 nitrogen and oxygen atoms in total. The normalized spacial score (nSPS) is 25.3. The second kappa shape index (κ2) is 6.51.